The lowest BCUT2D eigenvalue weighted by molar-refractivity contribution is -0.117. The molecule has 0 bridgehead atoms. The van der Waals surface area contributed by atoms with Crippen molar-refractivity contribution in [2.75, 3.05) is 20.8 Å². The lowest BCUT2D eigenvalue weighted by Crippen LogP contribution is -2.02. The molecule has 0 N–H and O–H groups in total. The molecule has 0 saturated heterocycles. The minimum atomic E-state index is -0.342. The highest BCUT2D eigenvalue weighted by Gasteiger charge is 2.25. The van der Waals surface area contributed by atoms with Crippen molar-refractivity contribution in [3.05, 3.63) is 46.9 Å². The van der Waals surface area contributed by atoms with Crippen LogP contribution in [-0.2, 0) is 25.4 Å². The summed E-state index contributed by atoms with van der Waals surface area (Å²) in [5.74, 6) is -0.000860. The largest absolute Gasteiger partial charge is 0.468 e. The standard InChI is InChI=1S/C16H18O5/c1-19-15(18)12-8-6-11(7-9-12)4-3-5-13-14(17)10-21-16(13)20-2/h6-9H,3-5,10H2,1-2H3. The average Bonchev–Trinajstić information content (AvgIpc) is 2.87. The number of carbonyl (C=O) groups excluding carboxylic acids is 2. The summed E-state index contributed by atoms with van der Waals surface area (Å²) < 4.78 is 14.8. The van der Waals surface area contributed by atoms with Gasteiger partial charge in [-0.3, -0.25) is 4.79 Å². The van der Waals surface area contributed by atoms with E-state index in [1.54, 1.807) is 12.1 Å². The molecule has 0 unspecified atom stereocenters. The quantitative estimate of drug-likeness (QED) is 0.752. The molecule has 112 valence electrons. The first kappa shape index (κ1) is 15.1. The minimum absolute atomic E-state index is 0.00658. The van der Waals surface area contributed by atoms with E-state index in [4.69, 9.17) is 9.47 Å². The van der Waals surface area contributed by atoms with Gasteiger partial charge in [0.25, 0.3) is 5.95 Å². The van der Waals surface area contributed by atoms with Crippen molar-refractivity contribution in [1.82, 2.24) is 0 Å². The Hall–Kier alpha value is -2.30. The fraction of sp³-hybridized carbons (Fsp3) is 0.375. The minimum Gasteiger partial charge on any atom is -0.468 e. The van der Waals surface area contributed by atoms with Crippen LogP contribution in [0.5, 0.6) is 0 Å². The summed E-state index contributed by atoms with van der Waals surface area (Å²) in [6.07, 6.45) is 2.25. The van der Waals surface area contributed by atoms with Crippen LogP contribution in [0.3, 0.4) is 0 Å². The van der Waals surface area contributed by atoms with E-state index in [-0.39, 0.29) is 18.4 Å². The Morgan fingerprint density at radius 3 is 2.52 bits per heavy atom. The molecule has 0 spiro atoms. The highest BCUT2D eigenvalue weighted by atomic mass is 16.7. The van der Waals surface area contributed by atoms with E-state index < -0.39 is 0 Å². The Kier molecular flexibility index (Phi) is 4.98. The lowest BCUT2D eigenvalue weighted by Gasteiger charge is -2.05. The molecule has 1 aliphatic heterocycles. The molecule has 5 nitrogen and oxygen atoms in total. The van der Waals surface area contributed by atoms with Crippen molar-refractivity contribution < 1.29 is 23.8 Å². The van der Waals surface area contributed by atoms with Crippen molar-refractivity contribution in [2.24, 2.45) is 0 Å². The van der Waals surface area contributed by atoms with Crippen LogP contribution in [-0.4, -0.2) is 32.6 Å². The molecule has 0 saturated carbocycles. The van der Waals surface area contributed by atoms with Gasteiger partial charge in [0.05, 0.1) is 25.4 Å². The molecule has 2 rings (SSSR count). The molecule has 1 heterocycles. The Balaban J connectivity index is 1.89. The van der Waals surface area contributed by atoms with E-state index in [1.807, 2.05) is 12.1 Å². The number of hydrogen-bond acceptors (Lipinski definition) is 5. The number of ether oxygens (including phenoxy) is 3. The second-order valence-electron chi connectivity index (χ2n) is 4.72. The van der Waals surface area contributed by atoms with Crippen LogP contribution in [0.25, 0.3) is 0 Å². The van der Waals surface area contributed by atoms with Crippen LogP contribution >= 0.6 is 0 Å². The zero-order chi connectivity index (χ0) is 15.2. The third kappa shape index (κ3) is 3.62. The maximum Gasteiger partial charge on any atom is 0.337 e. The van der Waals surface area contributed by atoms with Gasteiger partial charge in [0.2, 0.25) is 5.78 Å². The van der Waals surface area contributed by atoms with E-state index in [1.165, 1.54) is 14.2 Å². The van der Waals surface area contributed by atoms with E-state index >= 15 is 0 Å². The molecule has 0 aromatic heterocycles. The van der Waals surface area contributed by atoms with Gasteiger partial charge < -0.3 is 14.2 Å². The predicted octanol–water partition coefficient (Wildman–Crippen LogP) is 2.25. The average molecular weight is 290 g/mol. The monoisotopic (exact) mass is 290 g/mol. The number of ketones is 1. The van der Waals surface area contributed by atoms with Crippen LogP contribution < -0.4 is 0 Å². The summed E-state index contributed by atoms with van der Waals surface area (Å²) in [6.45, 7) is 0.0757. The molecule has 0 radical (unpaired) electrons. The molecular formula is C16H18O5. The molecule has 0 aliphatic carbocycles. The van der Waals surface area contributed by atoms with Crippen LogP contribution in [0.2, 0.25) is 0 Å². The van der Waals surface area contributed by atoms with Gasteiger partial charge in [-0.1, -0.05) is 12.1 Å². The van der Waals surface area contributed by atoms with Crippen molar-refractivity contribution in [1.29, 1.82) is 0 Å². The Bertz CT molecular complexity index is 557. The normalized spacial score (nSPS) is 14.1. The second-order valence-corrected chi connectivity index (χ2v) is 4.72. The summed E-state index contributed by atoms with van der Waals surface area (Å²) >= 11 is 0. The van der Waals surface area contributed by atoms with Crippen molar-refractivity contribution in [2.45, 2.75) is 19.3 Å². The molecule has 0 fully saturated rings. The molecule has 1 aromatic rings. The Labute approximate surface area is 123 Å². The van der Waals surface area contributed by atoms with Crippen LogP contribution in [0.1, 0.15) is 28.8 Å². The van der Waals surface area contributed by atoms with Gasteiger partial charge in [0.15, 0.2) is 6.61 Å². The fourth-order valence-corrected chi connectivity index (χ4v) is 2.24. The fourth-order valence-electron chi connectivity index (χ4n) is 2.24. The SMILES string of the molecule is COC(=O)c1ccc(CCCC2=C(OC)OCC2=O)cc1. The third-order valence-corrected chi connectivity index (χ3v) is 3.37. The van der Waals surface area contributed by atoms with Gasteiger partial charge in [-0.05, 0) is 37.0 Å². The Morgan fingerprint density at radius 1 is 1.19 bits per heavy atom. The number of aryl methyl sites for hydroxylation is 1. The maximum absolute atomic E-state index is 11.6. The summed E-state index contributed by atoms with van der Waals surface area (Å²) in [7, 11) is 2.86. The number of esters is 1. The van der Waals surface area contributed by atoms with Crippen molar-refractivity contribution in [3.63, 3.8) is 0 Å². The van der Waals surface area contributed by atoms with Gasteiger partial charge in [0, 0.05) is 0 Å². The van der Waals surface area contributed by atoms with Gasteiger partial charge in [-0.15, -0.1) is 0 Å². The van der Waals surface area contributed by atoms with Gasteiger partial charge in [0.1, 0.15) is 0 Å². The molecule has 0 atom stereocenters. The molecule has 1 aliphatic rings. The van der Waals surface area contributed by atoms with Gasteiger partial charge in [-0.2, -0.15) is 0 Å². The number of hydrogen-bond donors (Lipinski definition) is 0. The van der Waals surface area contributed by atoms with Crippen LogP contribution in [0.15, 0.2) is 35.8 Å². The molecule has 21 heavy (non-hydrogen) atoms. The lowest BCUT2D eigenvalue weighted by atomic mass is 10.0. The Morgan fingerprint density at radius 2 is 1.90 bits per heavy atom. The van der Waals surface area contributed by atoms with E-state index in [0.717, 1.165) is 18.4 Å². The molecular weight excluding hydrogens is 272 g/mol. The number of methoxy groups -OCH3 is 2. The maximum atomic E-state index is 11.6. The summed E-state index contributed by atoms with van der Waals surface area (Å²) in [6, 6.07) is 7.27. The summed E-state index contributed by atoms with van der Waals surface area (Å²) in [5.41, 5.74) is 2.27. The number of rotatable bonds is 6. The summed E-state index contributed by atoms with van der Waals surface area (Å²) in [5, 5.41) is 0. The molecule has 1 aromatic carbocycles. The smallest absolute Gasteiger partial charge is 0.337 e. The first-order valence-electron chi connectivity index (χ1n) is 6.76. The summed E-state index contributed by atoms with van der Waals surface area (Å²) in [4.78, 5) is 22.9. The topological polar surface area (TPSA) is 61.8 Å². The van der Waals surface area contributed by atoms with Crippen LogP contribution in [0, 0.1) is 0 Å². The van der Waals surface area contributed by atoms with E-state index in [9.17, 15) is 9.59 Å². The molecule has 5 heteroatoms. The zero-order valence-electron chi connectivity index (χ0n) is 12.2. The number of benzene rings is 1. The zero-order valence-corrected chi connectivity index (χ0v) is 12.2. The van der Waals surface area contributed by atoms with Crippen LogP contribution in [0.4, 0.5) is 0 Å². The number of Topliss-reactive ketones (excluding diaryl/α,β-unsaturated/α-hetero) is 1. The predicted molar refractivity (Wildman–Crippen MR) is 75.7 cm³/mol. The highest BCUT2D eigenvalue weighted by Crippen LogP contribution is 2.22. The van der Waals surface area contributed by atoms with Crippen molar-refractivity contribution in [3.8, 4) is 0 Å². The van der Waals surface area contributed by atoms with E-state index in [2.05, 4.69) is 4.74 Å². The highest BCUT2D eigenvalue weighted by molar-refractivity contribution is 5.98. The first-order chi connectivity index (χ1) is 10.2. The van der Waals surface area contributed by atoms with Gasteiger partial charge >= 0.3 is 5.97 Å². The third-order valence-electron chi connectivity index (χ3n) is 3.37. The molecule has 0 amide bonds. The van der Waals surface area contributed by atoms with Crippen molar-refractivity contribution >= 4 is 11.8 Å². The van der Waals surface area contributed by atoms with E-state index in [0.29, 0.717) is 23.5 Å². The first-order valence-corrected chi connectivity index (χ1v) is 6.76. The second kappa shape index (κ2) is 6.92. The van der Waals surface area contributed by atoms with Gasteiger partial charge in [-0.25, -0.2) is 4.79 Å². The number of carbonyl (C=O) groups is 2.